The van der Waals surface area contributed by atoms with E-state index in [0.717, 1.165) is 0 Å². The third-order valence-electron chi connectivity index (χ3n) is 5.96. The van der Waals surface area contributed by atoms with Crippen LogP contribution in [-0.4, -0.2) is 85.0 Å². The van der Waals surface area contributed by atoms with Crippen molar-refractivity contribution in [1.82, 2.24) is 18.8 Å². The number of ether oxygens (including phenoxy) is 2. The quantitative estimate of drug-likeness (QED) is 0.666. The fourth-order valence-electron chi connectivity index (χ4n) is 4.00. The number of hydrogen-bond donors (Lipinski definition) is 1. The Bertz CT molecular complexity index is 1180. The molecule has 0 spiro atoms. The summed E-state index contributed by atoms with van der Waals surface area (Å²) in [6.07, 6.45) is 2.48. The molecule has 0 saturated carbocycles. The lowest BCUT2D eigenvalue weighted by molar-refractivity contribution is -0.114. The Morgan fingerprint density at radius 3 is 2.54 bits per heavy atom. The number of amides is 2. The number of benzene rings is 1. The van der Waals surface area contributed by atoms with Crippen molar-refractivity contribution < 1.29 is 27.5 Å². The minimum absolute atomic E-state index is 0.0239. The number of anilines is 1. The van der Waals surface area contributed by atoms with Gasteiger partial charge in [-0.15, -0.1) is 0 Å². The fraction of sp³-hybridized carbons (Fsp3) is 0.522. The maximum absolute atomic E-state index is 13.5. The van der Waals surface area contributed by atoms with Crippen LogP contribution >= 0.6 is 0 Å². The van der Waals surface area contributed by atoms with Crippen LogP contribution in [0.15, 0.2) is 35.7 Å². The summed E-state index contributed by atoms with van der Waals surface area (Å²) in [5.41, 5.74) is 0.767. The van der Waals surface area contributed by atoms with Gasteiger partial charge in [0.15, 0.2) is 5.03 Å². The van der Waals surface area contributed by atoms with E-state index in [1.165, 1.54) is 28.7 Å². The number of rotatable bonds is 4. The first-order valence-electron chi connectivity index (χ1n) is 11.3. The van der Waals surface area contributed by atoms with Gasteiger partial charge in [-0.3, -0.25) is 9.59 Å². The molecule has 1 aromatic carbocycles. The third kappa shape index (κ3) is 6.00. The van der Waals surface area contributed by atoms with Crippen LogP contribution in [0.5, 0.6) is 5.75 Å². The van der Waals surface area contributed by atoms with Crippen molar-refractivity contribution in [3.05, 3.63) is 36.3 Å². The summed E-state index contributed by atoms with van der Waals surface area (Å²) in [5.74, 6) is -0.524. The summed E-state index contributed by atoms with van der Waals surface area (Å²) in [7, 11) is 0.963. The van der Waals surface area contributed by atoms with E-state index in [4.69, 9.17) is 9.47 Å². The minimum atomic E-state index is -3.94. The molecule has 0 fully saturated rings. The smallest absolute Gasteiger partial charge is 0.262 e. The van der Waals surface area contributed by atoms with Crippen molar-refractivity contribution >= 4 is 27.5 Å². The number of fused-ring (bicyclic) bond motifs is 1. The number of aryl methyl sites for hydroxylation is 1. The molecule has 3 rings (SSSR count). The third-order valence-corrected chi connectivity index (χ3v) is 7.83. The van der Waals surface area contributed by atoms with Gasteiger partial charge in [-0.2, -0.15) is 4.31 Å². The highest BCUT2D eigenvalue weighted by molar-refractivity contribution is 7.89. The minimum Gasteiger partial charge on any atom is -0.491 e. The number of methoxy groups -OCH3 is 1. The van der Waals surface area contributed by atoms with Gasteiger partial charge in [0.2, 0.25) is 5.91 Å². The SMILES string of the molecule is CO[C@@H]1CN(C)C(=O)c2ccc(NC(C)=O)cc2OC[C@H](C)N(S(=O)(=O)c2cn(C)cn2)C[C@H]1C. The second kappa shape index (κ2) is 10.8. The summed E-state index contributed by atoms with van der Waals surface area (Å²) < 4.78 is 41.7. The van der Waals surface area contributed by atoms with E-state index in [0.29, 0.717) is 11.3 Å². The molecule has 0 radical (unpaired) electrons. The number of likely N-dealkylation sites (N-methyl/N-ethyl adjacent to an activating group) is 1. The fourth-order valence-corrected chi connectivity index (χ4v) is 5.68. The number of hydrogen-bond acceptors (Lipinski definition) is 7. The van der Waals surface area contributed by atoms with Crippen molar-refractivity contribution in [2.24, 2.45) is 13.0 Å². The predicted molar refractivity (Wildman–Crippen MR) is 130 cm³/mol. The normalized spacial score (nSPS) is 22.5. The molecule has 0 unspecified atom stereocenters. The Morgan fingerprint density at radius 2 is 1.94 bits per heavy atom. The molecule has 1 aromatic heterocycles. The highest BCUT2D eigenvalue weighted by Gasteiger charge is 2.35. The molecule has 0 bridgehead atoms. The number of nitrogens with one attached hydrogen (secondary N) is 1. The first-order chi connectivity index (χ1) is 16.4. The number of nitrogens with zero attached hydrogens (tertiary/aromatic N) is 4. The summed E-state index contributed by atoms with van der Waals surface area (Å²) in [6.45, 7) is 5.38. The second-order valence-electron chi connectivity index (χ2n) is 8.94. The second-order valence-corrected chi connectivity index (χ2v) is 10.8. The monoisotopic (exact) mass is 507 g/mol. The van der Waals surface area contributed by atoms with Crippen LogP contribution in [0, 0.1) is 5.92 Å². The standard InChI is InChI=1S/C23H33N5O6S/c1-15-10-28(35(31,32)22-12-26(4)14-24-22)16(2)13-34-20-9-18(25-17(3)29)7-8-19(20)23(30)27(5)11-21(15)33-6/h7-9,12,14-16,21H,10-11,13H2,1-6H3,(H,25,29)/t15-,16+,21-/m1/s1. The van der Waals surface area contributed by atoms with Gasteiger partial charge in [0, 0.05) is 59.2 Å². The van der Waals surface area contributed by atoms with Crippen molar-refractivity contribution in [3.63, 3.8) is 0 Å². The molecule has 2 heterocycles. The number of imidazole rings is 1. The molecule has 2 amide bonds. The van der Waals surface area contributed by atoms with Crippen molar-refractivity contribution in [2.45, 2.75) is 37.9 Å². The zero-order valence-corrected chi connectivity index (χ0v) is 21.7. The summed E-state index contributed by atoms with van der Waals surface area (Å²) in [5, 5.41) is 2.62. The Morgan fingerprint density at radius 1 is 1.23 bits per heavy atom. The molecular weight excluding hydrogens is 474 g/mol. The Balaban J connectivity index is 2.05. The molecule has 35 heavy (non-hydrogen) atoms. The van der Waals surface area contributed by atoms with Crippen molar-refractivity contribution in [2.75, 3.05) is 39.2 Å². The molecular formula is C23H33N5O6S. The molecule has 1 aliphatic rings. The zero-order chi connectivity index (χ0) is 25.9. The first kappa shape index (κ1) is 26.6. The largest absolute Gasteiger partial charge is 0.491 e. The van der Waals surface area contributed by atoms with E-state index in [-0.39, 0.29) is 48.2 Å². The van der Waals surface area contributed by atoms with E-state index in [1.807, 2.05) is 6.92 Å². The molecule has 1 N–H and O–H groups in total. The average Bonchev–Trinajstić information content (AvgIpc) is 3.24. The summed E-state index contributed by atoms with van der Waals surface area (Å²) in [6, 6.07) is 4.18. The van der Waals surface area contributed by atoms with Gasteiger partial charge in [0.1, 0.15) is 12.4 Å². The van der Waals surface area contributed by atoms with Gasteiger partial charge in [-0.05, 0) is 25.0 Å². The van der Waals surface area contributed by atoms with Crippen LogP contribution in [-0.2, 0) is 26.6 Å². The van der Waals surface area contributed by atoms with Gasteiger partial charge in [0.05, 0.1) is 24.0 Å². The van der Waals surface area contributed by atoms with Crippen molar-refractivity contribution in [1.29, 1.82) is 0 Å². The average molecular weight is 508 g/mol. The zero-order valence-electron chi connectivity index (χ0n) is 20.9. The number of carbonyl (C=O) groups is 2. The van der Waals surface area contributed by atoms with E-state index in [9.17, 15) is 18.0 Å². The van der Waals surface area contributed by atoms with Crippen LogP contribution in [0.2, 0.25) is 0 Å². The Hall–Kier alpha value is -2.96. The lowest BCUT2D eigenvalue weighted by Gasteiger charge is -2.35. The molecule has 0 aliphatic carbocycles. The topological polar surface area (TPSA) is 123 Å². The summed E-state index contributed by atoms with van der Waals surface area (Å²) in [4.78, 5) is 30.3. The van der Waals surface area contributed by atoms with Crippen LogP contribution in [0.3, 0.4) is 0 Å². The van der Waals surface area contributed by atoms with Crippen molar-refractivity contribution in [3.8, 4) is 5.75 Å². The lowest BCUT2D eigenvalue weighted by atomic mass is 10.0. The van der Waals surface area contributed by atoms with E-state index in [1.54, 1.807) is 50.9 Å². The van der Waals surface area contributed by atoms with Gasteiger partial charge < -0.3 is 24.3 Å². The first-order valence-corrected chi connectivity index (χ1v) is 12.7. The number of carbonyl (C=O) groups excluding carboxylic acids is 2. The predicted octanol–water partition coefficient (Wildman–Crippen LogP) is 1.57. The molecule has 0 saturated heterocycles. The molecule has 3 atom stereocenters. The number of sulfonamides is 1. The van der Waals surface area contributed by atoms with Crippen LogP contribution in [0.25, 0.3) is 0 Å². The summed E-state index contributed by atoms with van der Waals surface area (Å²) >= 11 is 0. The maximum Gasteiger partial charge on any atom is 0.262 e. The molecule has 1 aliphatic heterocycles. The van der Waals surface area contributed by atoms with E-state index in [2.05, 4.69) is 10.3 Å². The van der Waals surface area contributed by atoms with E-state index < -0.39 is 22.2 Å². The highest BCUT2D eigenvalue weighted by Crippen LogP contribution is 2.28. The molecule has 11 nitrogen and oxygen atoms in total. The highest BCUT2D eigenvalue weighted by atomic mass is 32.2. The van der Waals surface area contributed by atoms with Crippen LogP contribution in [0.1, 0.15) is 31.1 Å². The van der Waals surface area contributed by atoms with Crippen LogP contribution < -0.4 is 10.1 Å². The maximum atomic E-state index is 13.5. The van der Waals surface area contributed by atoms with Gasteiger partial charge in [0.25, 0.3) is 15.9 Å². The van der Waals surface area contributed by atoms with Crippen LogP contribution in [0.4, 0.5) is 5.69 Å². The molecule has 2 aromatic rings. The number of aromatic nitrogens is 2. The lowest BCUT2D eigenvalue weighted by Crippen LogP contribution is -2.48. The van der Waals surface area contributed by atoms with Gasteiger partial charge in [-0.25, -0.2) is 13.4 Å². The Labute approximate surface area is 206 Å². The van der Waals surface area contributed by atoms with E-state index >= 15 is 0 Å². The van der Waals surface area contributed by atoms with Gasteiger partial charge >= 0.3 is 0 Å². The Kier molecular flexibility index (Phi) is 8.18. The molecule has 12 heteroatoms. The van der Waals surface area contributed by atoms with Gasteiger partial charge in [-0.1, -0.05) is 6.92 Å². The molecule has 192 valence electrons.